The van der Waals surface area contributed by atoms with E-state index in [4.69, 9.17) is 4.52 Å². The van der Waals surface area contributed by atoms with Crippen LogP contribution in [0.15, 0.2) is 65.2 Å². The third-order valence-corrected chi connectivity index (χ3v) is 6.36. The van der Waals surface area contributed by atoms with Crippen LogP contribution in [-0.4, -0.2) is 41.2 Å². The minimum absolute atomic E-state index is 0.363. The van der Waals surface area contributed by atoms with Crippen LogP contribution in [0.4, 0.5) is 0 Å². The molecule has 0 radical (unpaired) electrons. The molecule has 0 spiro atoms. The van der Waals surface area contributed by atoms with Gasteiger partial charge in [-0.15, -0.1) is 0 Å². The SMILES string of the molecule is c1ccc(CCC23CNCC2CN(Cc2noc(-c4ccccc4)n2)C3)cc1. The van der Waals surface area contributed by atoms with E-state index in [0.717, 1.165) is 50.5 Å². The Morgan fingerprint density at radius 1 is 1.07 bits per heavy atom. The molecular formula is C23H26N4O. The average molecular weight is 374 g/mol. The second-order valence-electron chi connectivity index (χ2n) is 8.23. The maximum absolute atomic E-state index is 5.49. The number of likely N-dealkylation sites (tertiary alicyclic amines) is 1. The summed E-state index contributed by atoms with van der Waals surface area (Å²) in [7, 11) is 0. The van der Waals surface area contributed by atoms with Gasteiger partial charge in [-0.1, -0.05) is 53.7 Å². The molecule has 0 bridgehead atoms. The standard InChI is InChI=1S/C23H26N4O/c1-3-7-18(8-4-1)11-12-23-16-24-13-20(23)14-27(17-23)15-21-25-22(28-26-21)19-9-5-2-6-10-19/h1-10,20,24H,11-17H2. The van der Waals surface area contributed by atoms with Crippen molar-refractivity contribution in [3.63, 3.8) is 0 Å². The monoisotopic (exact) mass is 374 g/mol. The molecule has 5 heteroatoms. The summed E-state index contributed by atoms with van der Waals surface area (Å²) >= 11 is 0. The van der Waals surface area contributed by atoms with Crippen molar-refractivity contribution in [1.29, 1.82) is 0 Å². The van der Waals surface area contributed by atoms with Crippen molar-refractivity contribution >= 4 is 0 Å². The Morgan fingerprint density at radius 3 is 2.68 bits per heavy atom. The fraction of sp³-hybridized carbons (Fsp3) is 0.391. The Bertz CT molecular complexity index is 911. The molecule has 144 valence electrons. The van der Waals surface area contributed by atoms with Gasteiger partial charge in [-0.05, 0) is 43.0 Å². The van der Waals surface area contributed by atoms with Gasteiger partial charge in [-0.2, -0.15) is 4.98 Å². The molecule has 2 atom stereocenters. The number of aromatic nitrogens is 2. The first kappa shape index (κ1) is 17.6. The van der Waals surface area contributed by atoms with Gasteiger partial charge >= 0.3 is 0 Å². The van der Waals surface area contributed by atoms with Crippen LogP contribution in [0, 0.1) is 11.3 Å². The summed E-state index contributed by atoms with van der Waals surface area (Å²) in [5.74, 6) is 2.09. The van der Waals surface area contributed by atoms with Crippen LogP contribution >= 0.6 is 0 Å². The normalized spacial score (nSPS) is 24.5. The van der Waals surface area contributed by atoms with E-state index in [2.05, 4.69) is 50.7 Å². The summed E-state index contributed by atoms with van der Waals surface area (Å²) in [5, 5.41) is 7.86. The molecule has 28 heavy (non-hydrogen) atoms. The summed E-state index contributed by atoms with van der Waals surface area (Å²) in [6, 6.07) is 20.8. The molecule has 3 heterocycles. The van der Waals surface area contributed by atoms with E-state index in [1.807, 2.05) is 30.3 Å². The molecule has 2 saturated heterocycles. The Kier molecular flexibility index (Phi) is 4.71. The molecule has 1 aromatic heterocycles. The molecule has 2 unspecified atom stereocenters. The number of hydrogen-bond donors (Lipinski definition) is 1. The maximum atomic E-state index is 5.49. The van der Waals surface area contributed by atoms with Crippen molar-refractivity contribution in [3.05, 3.63) is 72.1 Å². The van der Waals surface area contributed by atoms with E-state index in [1.165, 1.54) is 12.0 Å². The lowest BCUT2D eigenvalue weighted by Gasteiger charge is -2.28. The molecule has 2 aliphatic rings. The summed E-state index contributed by atoms with van der Waals surface area (Å²) in [4.78, 5) is 7.13. The lowest BCUT2D eigenvalue weighted by Crippen LogP contribution is -2.33. The Hall–Kier alpha value is -2.50. The molecular weight excluding hydrogens is 348 g/mol. The second-order valence-corrected chi connectivity index (χ2v) is 8.23. The Labute approximate surface area is 165 Å². The summed E-state index contributed by atoms with van der Waals surface area (Å²) < 4.78 is 5.49. The molecule has 0 saturated carbocycles. The number of hydrogen-bond acceptors (Lipinski definition) is 5. The van der Waals surface area contributed by atoms with Crippen LogP contribution in [0.25, 0.3) is 11.5 Å². The summed E-state index contributed by atoms with van der Waals surface area (Å²) in [6.07, 6.45) is 2.37. The van der Waals surface area contributed by atoms with Gasteiger partial charge in [0.15, 0.2) is 5.82 Å². The highest BCUT2D eigenvalue weighted by Gasteiger charge is 2.49. The zero-order valence-electron chi connectivity index (χ0n) is 16.1. The lowest BCUT2D eigenvalue weighted by molar-refractivity contribution is 0.233. The first-order valence-corrected chi connectivity index (χ1v) is 10.2. The largest absolute Gasteiger partial charge is 0.334 e. The summed E-state index contributed by atoms with van der Waals surface area (Å²) in [5.41, 5.74) is 2.77. The Morgan fingerprint density at radius 2 is 1.86 bits per heavy atom. The number of aryl methyl sites for hydroxylation is 1. The topological polar surface area (TPSA) is 54.2 Å². The Balaban J connectivity index is 1.25. The van der Waals surface area contributed by atoms with E-state index in [1.54, 1.807) is 0 Å². The molecule has 2 fully saturated rings. The van der Waals surface area contributed by atoms with Crippen LogP contribution in [0.2, 0.25) is 0 Å². The van der Waals surface area contributed by atoms with Gasteiger partial charge in [0, 0.05) is 30.6 Å². The molecule has 2 aromatic carbocycles. The van der Waals surface area contributed by atoms with Crippen LogP contribution in [0.3, 0.4) is 0 Å². The fourth-order valence-corrected chi connectivity index (χ4v) is 4.87. The van der Waals surface area contributed by atoms with Gasteiger partial charge in [0.2, 0.25) is 0 Å². The lowest BCUT2D eigenvalue weighted by atomic mass is 9.76. The number of benzene rings is 2. The fourth-order valence-electron chi connectivity index (χ4n) is 4.87. The van der Waals surface area contributed by atoms with E-state index < -0.39 is 0 Å². The van der Waals surface area contributed by atoms with Crippen molar-refractivity contribution in [2.45, 2.75) is 19.4 Å². The first-order chi connectivity index (χ1) is 13.8. The van der Waals surface area contributed by atoms with Crippen molar-refractivity contribution in [3.8, 4) is 11.5 Å². The quantitative estimate of drug-likeness (QED) is 0.717. The highest BCUT2D eigenvalue weighted by Crippen LogP contribution is 2.43. The zero-order valence-corrected chi connectivity index (χ0v) is 16.1. The number of rotatable bonds is 6. The third-order valence-electron chi connectivity index (χ3n) is 6.36. The molecule has 5 rings (SSSR count). The minimum atomic E-state index is 0.363. The smallest absolute Gasteiger partial charge is 0.257 e. The molecule has 2 aliphatic heterocycles. The third kappa shape index (κ3) is 3.48. The highest BCUT2D eigenvalue weighted by atomic mass is 16.5. The predicted octanol–water partition coefficient (Wildman–Crippen LogP) is 3.39. The van der Waals surface area contributed by atoms with E-state index >= 15 is 0 Å². The van der Waals surface area contributed by atoms with E-state index in [0.29, 0.717) is 17.2 Å². The predicted molar refractivity (Wildman–Crippen MR) is 109 cm³/mol. The molecule has 1 N–H and O–H groups in total. The summed E-state index contributed by atoms with van der Waals surface area (Å²) in [6.45, 7) is 5.21. The molecule has 0 aliphatic carbocycles. The van der Waals surface area contributed by atoms with Crippen LogP contribution in [-0.2, 0) is 13.0 Å². The average Bonchev–Trinajstić information content (AvgIpc) is 3.43. The van der Waals surface area contributed by atoms with Gasteiger partial charge in [0.25, 0.3) is 5.89 Å². The van der Waals surface area contributed by atoms with Gasteiger partial charge in [0.05, 0.1) is 6.54 Å². The highest BCUT2D eigenvalue weighted by molar-refractivity contribution is 5.51. The van der Waals surface area contributed by atoms with Crippen molar-refractivity contribution in [2.75, 3.05) is 26.2 Å². The van der Waals surface area contributed by atoms with E-state index in [-0.39, 0.29) is 0 Å². The second kappa shape index (κ2) is 7.49. The van der Waals surface area contributed by atoms with E-state index in [9.17, 15) is 0 Å². The molecule has 5 nitrogen and oxygen atoms in total. The van der Waals surface area contributed by atoms with Crippen molar-refractivity contribution in [1.82, 2.24) is 20.4 Å². The number of fused-ring (bicyclic) bond motifs is 1. The van der Waals surface area contributed by atoms with Crippen molar-refractivity contribution < 1.29 is 4.52 Å². The van der Waals surface area contributed by atoms with Crippen molar-refractivity contribution in [2.24, 2.45) is 11.3 Å². The number of nitrogens with one attached hydrogen (secondary N) is 1. The maximum Gasteiger partial charge on any atom is 0.257 e. The first-order valence-electron chi connectivity index (χ1n) is 10.2. The van der Waals surface area contributed by atoms with Gasteiger partial charge < -0.3 is 9.84 Å². The van der Waals surface area contributed by atoms with Gasteiger partial charge in [-0.25, -0.2) is 0 Å². The van der Waals surface area contributed by atoms with Gasteiger partial charge in [-0.3, -0.25) is 4.90 Å². The van der Waals surface area contributed by atoms with Crippen LogP contribution < -0.4 is 5.32 Å². The van der Waals surface area contributed by atoms with Crippen LogP contribution in [0.5, 0.6) is 0 Å². The zero-order chi connectivity index (χ0) is 18.8. The van der Waals surface area contributed by atoms with Gasteiger partial charge in [0.1, 0.15) is 0 Å². The minimum Gasteiger partial charge on any atom is -0.334 e. The molecule has 0 amide bonds. The van der Waals surface area contributed by atoms with Crippen LogP contribution in [0.1, 0.15) is 17.8 Å². The number of nitrogens with zero attached hydrogens (tertiary/aromatic N) is 3. The molecule has 3 aromatic rings.